The van der Waals surface area contributed by atoms with E-state index < -0.39 is 11.6 Å². The van der Waals surface area contributed by atoms with E-state index in [2.05, 4.69) is 5.32 Å². The first-order chi connectivity index (χ1) is 12.0. The molecule has 4 nitrogen and oxygen atoms in total. The number of nitrogens with zero attached hydrogens (tertiary/aromatic N) is 1. The van der Waals surface area contributed by atoms with Gasteiger partial charge >= 0.3 is 0 Å². The number of nitrogens with one attached hydrogen (secondary N) is 1. The Balaban J connectivity index is 1.66. The minimum atomic E-state index is -0.965. The SMILES string of the molecule is CN(C(=O)c1ccc(Oc2ccc(F)c(F)c2)cc1)C1CCNCC1. The lowest BCUT2D eigenvalue weighted by atomic mass is 10.0. The van der Waals surface area contributed by atoms with Crippen LogP contribution in [0, 0.1) is 11.6 Å². The first kappa shape index (κ1) is 17.4. The van der Waals surface area contributed by atoms with Crippen molar-refractivity contribution in [3.05, 3.63) is 59.7 Å². The normalized spacial score (nSPS) is 15.0. The highest BCUT2D eigenvalue weighted by molar-refractivity contribution is 5.94. The summed E-state index contributed by atoms with van der Waals surface area (Å²) in [5, 5.41) is 3.28. The van der Waals surface area contributed by atoms with Crippen molar-refractivity contribution in [2.45, 2.75) is 18.9 Å². The molecule has 0 bridgehead atoms. The van der Waals surface area contributed by atoms with E-state index in [1.54, 1.807) is 29.2 Å². The zero-order valence-electron chi connectivity index (χ0n) is 14.0. The van der Waals surface area contributed by atoms with E-state index in [1.165, 1.54) is 6.07 Å². The van der Waals surface area contributed by atoms with Crippen LogP contribution in [0.5, 0.6) is 11.5 Å². The zero-order chi connectivity index (χ0) is 17.8. The number of piperidine rings is 1. The molecular weight excluding hydrogens is 326 g/mol. The van der Waals surface area contributed by atoms with Gasteiger partial charge in [-0.1, -0.05) is 0 Å². The van der Waals surface area contributed by atoms with Crippen molar-refractivity contribution in [3.63, 3.8) is 0 Å². The number of ether oxygens (including phenoxy) is 1. The third-order valence-electron chi connectivity index (χ3n) is 4.40. The molecule has 1 aliphatic heterocycles. The molecular formula is C19H20F2N2O2. The van der Waals surface area contributed by atoms with Gasteiger partial charge in [0.15, 0.2) is 11.6 Å². The zero-order valence-corrected chi connectivity index (χ0v) is 14.0. The van der Waals surface area contributed by atoms with Gasteiger partial charge in [-0.05, 0) is 62.3 Å². The molecule has 2 aromatic carbocycles. The largest absolute Gasteiger partial charge is 0.457 e. The first-order valence-corrected chi connectivity index (χ1v) is 8.25. The van der Waals surface area contributed by atoms with E-state index >= 15 is 0 Å². The number of hydrogen-bond acceptors (Lipinski definition) is 3. The van der Waals surface area contributed by atoms with Gasteiger partial charge in [0.25, 0.3) is 5.91 Å². The van der Waals surface area contributed by atoms with E-state index in [-0.39, 0.29) is 17.7 Å². The van der Waals surface area contributed by atoms with Gasteiger partial charge in [0, 0.05) is 24.7 Å². The minimum Gasteiger partial charge on any atom is -0.457 e. The number of carbonyl (C=O) groups is 1. The van der Waals surface area contributed by atoms with Crippen molar-refractivity contribution in [1.82, 2.24) is 10.2 Å². The van der Waals surface area contributed by atoms with Crippen molar-refractivity contribution < 1.29 is 18.3 Å². The van der Waals surface area contributed by atoms with E-state index in [9.17, 15) is 13.6 Å². The van der Waals surface area contributed by atoms with Crippen LogP contribution in [0.1, 0.15) is 23.2 Å². The van der Waals surface area contributed by atoms with Gasteiger partial charge in [0.1, 0.15) is 11.5 Å². The van der Waals surface area contributed by atoms with Gasteiger partial charge in [0.05, 0.1) is 0 Å². The van der Waals surface area contributed by atoms with E-state index in [4.69, 9.17) is 4.74 Å². The molecule has 1 aliphatic rings. The van der Waals surface area contributed by atoms with Crippen LogP contribution in [-0.4, -0.2) is 37.0 Å². The molecule has 2 aromatic rings. The van der Waals surface area contributed by atoms with Gasteiger partial charge in [-0.3, -0.25) is 4.79 Å². The average molecular weight is 346 g/mol. The maximum Gasteiger partial charge on any atom is 0.253 e. The highest BCUT2D eigenvalue weighted by Gasteiger charge is 2.22. The molecule has 3 rings (SSSR count). The minimum absolute atomic E-state index is 0.0359. The quantitative estimate of drug-likeness (QED) is 0.920. The van der Waals surface area contributed by atoms with Crippen LogP contribution in [0.4, 0.5) is 8.78 Å². The molecule has 0 spiro atoms. The fourth-order valence-electron chi connectivity index (χ4n) is 2.91. The van der Waals surface area contributed by atoms with Crippen molar-refractivity contribution in [2.24, 2.45) is 0 Å². The lowest BCUT2D eigenvalue weighted by molar-refractivity contribution is 0.0703. The van der Waals surface area contributed by atoms with Crippen molar-refractivity contribution in [3.8, 4) is 11.5 Å². The van der Waals surface area contributed by atoms with E-state index in [1.807, 2.05) is 7.05 Å². The molecule has 0 atom stereocenters. The molecule has 1 fully saturated rings. The Morgan fingerprint density at radius 2 is 1.68 bits per heavy atom. The molecule has 1 saturated heterocycles. The second-order valence-corrected chi connectivity index (χ2v) is 6.10. The molecule has 0 unspecified atom stereocenters. The maximum absolute atomic E-state index is 13.2. The number of rotatable bonds is 4. The highest BCUT2D eigenvalue weighted by atomic mass is 19.2. The number of hydrogen-bond donors (Lipinski definition) is 1. The Kier molecular flexibility index (Phi) is 5.28. The Morgan fingerprint density at radius 1 is 1.04 bits per heavy atom. The maximum atomic E-state index is 13.2. The fourth-order valence-corrected chi connectivity index (χ4v) is 2.91. The van der Waals surface area contributed by atoms with Gasteiger partial charge in [-0.25, -0.2) is 8.78 Å². The Labute approximate surface area is 145 Å². The Bertz CT molecular complexity index is 744. The van der Waals surface area contributed by atoms with Gasteiger partial charge in [-0.15, -0.1) is 0 Å². The molecule has 1 amide bonds. The Hall–Kier alpha value is -2.47. The number of amides is 1. The fraction of sp³-hybridized carbons (Fsp3) is 0.316. The van der Waals surface area contributed by atoms with Gasteiger partial charge in [0.2, 0.25) is 0 Å². The third-order valence-corrected chi connectivity index (χ3v) is 4.40. The summed E-state index contributed by atoms with van der Waals surface area (Å²) < 4.78 is 31.6. The summed E-state index contributed by atoms with van der Waals surface area (Å²) in [5.41, 5.74) is 0.568. The molecule has 6 heteroatoms. The van der Waals surface area contributed by atoms with Crippen LogP contribution < -0.4 is 10.1 Å². The Morgan fingerprint density at radius 3 is 2.32 bits per heavy atom. The molecule has 0 saturated carbocycles. The number of carbonyl (C=O) groups excluding carboxylic acids is 1. The number of halogens is 2. The molecule has 0 aromatic heterocycles. The molecule has 0 aliphatic carbocycles. The van der Waals surface area contributed by atoms with Crippen LogP contribution in [0.15, 0.2) is 42.5 Å². The van der Waals surface area contributed by atoms with E-state index in [0.29, 0.717) is 11.3 Å². The number of benzene rings is 2. The second-order valence-electron chi connectivity index (χ2n) is 6.10. The van der Waals surface area contributed by atoms with Crippen molar-refractivity contribution >= 4 is 5.91 Å². The summed E-state index contributed by atoms with van der Waals surface area (Å²) in [6.07, 6.45) is 1.89. The van der Waals surface area contributed by atoms with Crippen LogP contribution in [-0.2, 0) is 0 Å². The van der Waals surface area contributed by atoms with E-state index in [0.717, 1.165) is 38.1 Å². The highest BCUT2D eigenvalue weighted by Crippen LogP contribution is 2.24. The van der Waals surface area contributed by atoms with Gasteiger partial charge < -0.3 is 15.0 Å². The summed E-state index contributed by atoms with van der Waals surface area (Å²) in [7, 11) is 1.82. The summed E-state index contributed by atoms with van der Waals surface area (Å²) in [6, 6.07) is 10.2. The van der Waals surface area contributed by atoms with Crippen LogP contribution in [0.25, 0.3) is 0 Å². The first-order valence-electron chi connectivity index (χ1n) is 8.25. The van der Waals surface area contributed by atoms with Crippen molar-refractivity contribution in [2.75, 3.05) is 20.1 Å². The smallest absolute Gasteiger partial charge is 0.253 e. The standard InChI is InChI=1S/C19H20F2N2O2/c1-23(14-8-10-22-11-9-14)19(24)13-2-4-15(5-3-13)25-16-6-7-17(20)18(21)12-16/h2-7,12,14,22H,8-11H2,1H3. The molecule has 132 valence electrons. The molecule has 0 radical (unpaired) electrons. The average Bonchev–Trinajstić information content (AvgIpc) is 2.65. The molecule has 25 heavy (non-hydrogen) atoms. The summed E-state index contributed by atoms with van der Waals surface area (Å²) in [4.78, 5) is 14.4. The molecule has 1 N–H and O–H groups in total. The lowest BCUT2D eigenvalue weighted by Gasteiger charge is -2.31. The summed E-state index contributed by atoms with van der Waals surface area (Å²) in [5.74, 6) is -1.27. The van der Waals surface area contributed by atoms with Crippen LogP contribution in [0.2, 0.25) is 0 Å². The van der Waals surface area contributed by atoms with Crippen LogP contribution >= 0.6 is 0 Å². The molecule has 1 heterocycles. The third kappa shape index (κ3) is 4.14. The predicted octanol–water partition coefficient (Wildman–Crippen LogP) is 3.58. The topological polar surface area (TPSA) is 41.6 Å². The van der Waals surface area contributed by atoms with Gasteiger partial charge in [-0.2, -0.15) is 0 Å². The van der Waals surface area contributed by atoms with Crippen LogP contribution in [0.3, 0.4) is 0 Å². The monoisotopic (exact) mass is 346 g/mol. The summed E-state index contributed by atoms with van der Waals surface area (Å²) in [6.45, 7) is 1.84. The second kappa shape index (κ2) is 7.61. The summed E-state index contributed by atoms with van der Waals surface area (Å²) >= 11 is 0. The lowest BCUT2D eigenvalue weighted by Crippen LogP contribution is -2.43. The van der Waals surface area contributed by atoms with Crippen molar-refractivity contribution in [1.29, 1.82) is 0 Å². The predicted molar refractivity (Wildman–Crippen MR) is 90.9 cm³/mol.